The molecule has 0 bridgehead atoms. The summed E-state index contributed by atoms with van der Waals surface area (Å²) in [7, 11) is 0. The number of carbonyl (C=O) groups excluding carboxylic acids is 1. The van der Waals surface area contributed by atoms with Gasteiger partial charge in [-0.2, -0.15) is 5.10 Å². The van der Waals surface area contributed by atoms with Crippen LogP contribution in [0.25, 0.3) is 5.69 Å². The average Bonchev–Trinajstić information content (AvgIpc) is 3.15. The van der Waals surface area contributed by atoms with Crippen molar-refractivity contribution in [3.8, 4) is 5.69 Å². The third kappa shape index (κ3) is 3.71. The van der Waals surface area contributed by atoms with E-state index in [1.165, 1.54) is 0 Å². The molecule has 1 aliphatic carbocycles. The molecule has 1 aromatic carbocycles. The molecule has 1 fully saturated rings. The van der Waals surface area contributed by atoms with Crippen LogP contribution in [-0.4, -0.2) is 33.1 Å². The number of benzene rings is 1. The van der Waals surface area contributed by atoms with Crippen molar-refractivity contribution in [3.63, 3.8) is 0 Å². The topological polar surface area (TPSA) is 79.2 Å². The quantitative estimate of drug-likeness (QED) is 0.811. The number of carbonyl (C=O) groups is 1. The third-order valence-corrected chi connectivity index (χ3v) is 4.23. The highest BCUT2D eigenvalue weighted by atomic mass is 16.3. The van der Waals surface area contributed by atoms with E-state index in [1.807, 2.05) is 43.5 Å². The van der Waals surface area contributed by atoms with E-state index in [1.54, 1.807) is 4.68 Å². The van der Waals surface area contributed by atoms with Gasteiger partial charge in [-0.05, 0) is 38.0 Å². The maximum Gasteiger partial charge on any atom is 0.319 e. The predicted molar refractivity (Wildman–Crippen MR) is 88.7 cm³/mol. The van der Waals surface area contributed by atoms with Crippen molar-refractivity contribution in [2.75, 3.05) is 11.9 Å². The fraction of sp³-hybridized carbons (Fsp3) is 0.412. The minimum atomic E-state index is -0.754. The van der Waals surface area contributed by atoms with Crippen molar-refractivity contribution in [1.82, 2.24) is 15.1 Å². The van der Waals surface area contributed by atoms with Crippen LogP contribution < -0.4 is 10.6 Å². The smallest absolute Gasteiger partial charge is 0.319 e. The zero-order valence-corrected chi connectivity index (χ0v) is 13.2. The molecular weight excluding hydrogens is 292 g/mol. The van der Waals surface area contributed by atoms with Crippen molar-refractivity contribution in [1.29, 1.82) is 0 Å². The van der Waals surface area contributed by atoms with Gasteiger partial charge in [0.05, 0.1) is 22.7 Å². The molecular formula is C17H22N4O2. The lowest BCUT2D eigenvalue weighted by Gasteiger charge is -2.22. The normalized spacial score (nSPS) is 16.3. The van der Waals surface area contributed by atoms with E-state index >= 15 is 0 Å². The minimum absolute atomic E-state index is 0.280. The molecule has 1 aliphatic rings. The van der Waals surface area contributed by atoms with Crippen molar-refractivity contribution in [3.05, 3.63) is 42.2 Å². The summed E-state index contributed by atoms with van der Waals surface area (Å²) in [5.74, 6) is 0. The molecule has 0 aliphatic heterocycles. The van der Waals surface area contributed by atoms with Gasteiger partial charge in [-0.3, -0.25) is 0 Å². The Bertz CT molecular complexity index is 689. The number of aliphatic hydroxyl groups is 1. The van der Waals surface area contributed by atoms with Crippen LogP contribution >= 0.6 is 0 Å². The first-order chi connectivity index (χ1) is 11.1. The number of amides is 2. The second-order valence-corrected chi connectivity index (χ2v) is 6.16. The van der Waals surface area contributed by atoms with Gasteiger partial charge in [0.25, 0.3) is 0 Å². The Labute approximate surface area is 135 Å². The van der Waals surface area contributed by atoms with Gasteiger partial charge in [0.15, 0.2) is 0 Å². The number of rotatable bonds is 4. The van der Waals surface area contributed by atoms with Gasteiger partial charge in [0, 0.05) is 12.7 Å². The van der Waals surface area contributed by atoms with Crippen LogP contribution in [0.1, 0.15) is 31.4 Å². The lowest BCUT2D eigenvalue weighted by molar-refractivity contribution is 0.0506. The van der Waals surface area contributed by atoms with Gasteiger partial charge in [-0.1, -0.05) is 25.0 Å². The summed E-state index contributed by atoms with van der Waals surface area (Å²) < 4.78 is 1.73. The number of aryl methyl sites for hydroxylation is 1. The summed E-state index contributed by atoms with van der Waals surface area (Å²) in [4.78, 5) is 12.1. The fourth-order valence-electron chi connectivity index (χ4n) is 2.95. The summed E-state index contributed by atoms with van der Waals surface area (Å²) in [5, 5.41) is 20.3. The second kappa shape index (κ2) is 6.42. The summed E-state index contributed by atoms with van der Waals surface area (Å²) >= 11 is 0. The summed E-state index contributed by atoms with van der Waals surface area (Å²) in [6, 6.07) is 9.08. The van der Waals surface area contributed by atoms with E-state index in [9.17, 15) is 9.90 Å². The van der Waals surface area contributed by atoms with E-state index < -0.39 is 5.60 Å². The first-order valence-corrected chi connectivity index (χ1v) is 7.95. The summed E-state index contributed by atoms with van der Waals surface area (Å²) in [6.45, 7) is 2.20. The highest BCUT2D eigenvalue weighted by molar-refractivity contribution is 5.91. The second-order valence-electron chi connectivity index (χ2n) is 6.16. The third-order valence-electron chi connectivity index (χ3n) is 4.23. The zero-order valence-electron chi connectivity index (χ0n) is 13.2. The molecule has 0 saturated heterocycles. The summed E-state index contributed by atoms with van der Waals surface area (Å²) in [5.41, 5.74) is 1.63. The molecule has 6 nitrogen and oxygen atoms in total. The van der Waals surface area contributed by atoms with Crippen molar-refractivity contribution in [2.45, 2.75) is 38.2 Å². The minimum Gasteiger partial charge on any atom is -0.388 e. The van der Waals surface area contributed by atoms with E-state index in [-0.39, 0.29) is 12.6 Å². The molecule has 23 heavy (non-hydrogen) atoms. The molecule has 122 valence electrons. The lowest BCUT2D eigenvalue weighted by Crippen LogP contribution is -2.42. The Morgan fingerprint density at radius 2 is 2.04 bits per heavy atom. The molecule has 3 N–H and O–H groups in total. The van der Waals surface area contributed by atoms with Crippen LogP contribution in [-0.2, 0) is 0 Å². The molecule has 0 unspecified atom stereocenters. The van der Waals surface area contributed by atoms with Gasteiger partial charge in [0.1, 0.15) is 0 Å². The molecule has 2 amide bonds. The Morgan fingerprint density at radius 3 is 2.74 bits per heavy atom. The molecule has 0 spiro atoms. The standard InChI is InChI=1S/C17H22N4O2/c1-13-8-11-21(20-13)15-7-3-2-6-14(15)19-16(22)18-12-17(23)9-4-5-10-17/h2-3,6-8,11,23H,4-5,9-10,12H2,1H3,(H2,18,19,22). The van der Waals surface area contributed by atoms with E-state index in [2.05, 4.69) is 15.7 Å². The largest absolute Gasteiger partial charge is 0.388 e. The molecule has 0 radical (unpaired) electrons. The van der Waals surface area contributed by atoms with Crippen LogP contribution in [0.4, 0.5) is 10.5 Å². The van der Waals surface area contributed by atoms with Gasteiger partial charge in [0.2, 0.25) is 0 Å². The number of hydrogen-bond acceptors (Lipinski definition) is 3. The summed E-state index contributed by atoms with van der Waals surface area (Å²) in [6.07, 6.45) is 5.38. The van der Waals surface area contributed by atoms with Crippen LogP contribution in [0.3, 0.4) is 0 Å². The first-order valence-electron chi connectivity index (χ1n) is 7.95. The lowest BCUT2D eigenvalue weighted by atomic mass is 10.0. The molecule has 6 heteroatoms. The van der Waals surface area contributed by atoms with Crippen molar-refractivity contribution < 1.29 is 9.90 Å². The number of nitrogens with one attached hydrogen (secondary N) is 2. The highest BCUT2D eigenvalue weighted by Crippen LogP contribution is 2.28. The number of anilines is 1. The van der Waals surface area contributed by atoms with Crippen LogP contribution in [0.5, 0.6) is 0 Å². The Morgan fingerprint density at radius 1 is 1.30 bits per heavy atom. The highest BCUT2D eigenvalue weighted by Gasteiger charge is 2.31. The maximum atomic E-state index is 12.1. The maximum absolute atomic E-state index is 12.1. The number of aromatic nitrogens is 2. The molecule has 1 heterocycles. The van der Waals surface area contributed by atoms with E-state index in [0.29, 0.717) is 5.69 Å². The predicted octanol–water partition coefficient (Wildman–Crippen LogP) is 2.61. The number of urea groups is 1. The fourth-order valence-corrected chi connectivity index (χ4v) is 2.95. The van der Waals surface area contributed by atoms with Crippen LogP contribution in [0, 0.1) is 6.92 Å². The van der Waals surface area contributed by atoms with Gasteiger partial charge in [-0.15, -0.1) is 0 Å². The number of para-hydroxylation sites is 2. The van der Waals surface area contributed by atoms with E-state index in [4.69, 9.17) is 0 Å². The molecule has 2 aromatic rings. The van der Waals surface area contributed by atoms with Gasteiger partial charge >= 0.3 is 6.03 Å². The van der Waals surface area contributed by atoms with Gasteiger partial charge in [-0.25, -0.2) is 9.48 Å². The van der Waals surface area contributed by atoms with Crippen molar-refractivity contribution in [2.24, 2.45) is 0 Å². The zero-order chi connectivity index (χ0) is 16.3. The average molecular weight is 314 g/mol. The van der Waals surface area contributed by atoms with Crippen LogP contribution in [0.2, 0.25) is 0 Å². The Kier molecular flexibility index (Phi) is 4.34. The van der Waals surface area contributed by atoms with E-state index in [0.717, 1.165) is 37.1 Å². The molecule has 1 saturated carbocycles. The molecule has 1 aromatic heterocycles. The van der Waals surface area contributed by atoms with Crippen LogP contribution in [0.15, 0.2) is 36.5 Å². The van der Waals surface area contributed by atoms with Crippen molar-refractivity contribution >= 4 is 11.7 Å². The number of nitrogens with zero attached hydrogens (tertiary/aromatic N) is 2. The van der Waals surface area contributed by atoms with Gasteiger partial charge < -0.3 is 15.7 Å². The molecule has 0 atom stereocenters. The first kappa shape index (κ1) is 15.6. The SMILES string of the molecule is Cc1ccn(-c2ccccc2NC(=O)NCC2(O)CCCC2)n1. The number of hydrogen-bond donors (Lipinski definition) is 3. The Hall–Kier alpha value is -2.34. The monoisotopic (exact) mass is 314 g/mol. The molecule has 3 rings (SSSR count). The Balaban J connectivity index is 1.67.